The van der Waals surface area contributed by atoms with Crippen molar-refractivity contribution in [3.8, 4) is 0 Å². The minimum Gasteiger partial charge on any atom is -0.392 e. The Morgan fingerprint density at radius 2 is 2.00 bits per heavy atom. The maximum atomic E-state index is 11.5. The van der Waals surface area contributed by atoms with Gasteiger partial charge in [0.1, 0.15) is 9.84 Å². The molecule has 3 atom stereocenters. The molecule has 0 radical (unpaired) electrons. The molecule has 17 heavy (non-hydrogen) atoms. The van der Waals surface area contributed by atoms with Gasteiger partial charge in [-0.25, -0.2) is 8.42 Å². The molecule has 1 rings (SSSR count). The first-order valence-electron chi connectivity index (χ1n) is 6.29. The number of aliphatic hydroxyl groups is 1. The van der Waals surface area contributed by atoms with Crippen LogP contribution in [0.5, 0.6) is 0 Å². The minimum atomic E-state index is -2.94. The maximum Gasteiger partial charge on any atom is 0.150 e. The maximum absolute atomic E-state index is 11.5. The number of hydrogen-bond donors (Lipinski definition) is 1. The third-order valence-electron chi connectivity index (χ3n) is 3.42. The van der Waals surface area contributed by atoms with Crippen molar-refractivity contribution in [2.24, 2.45) is 5.92 Å². The molecule has 102 valence electrons. The molecular weight excluding hydrogens is 256 g/mol. The smallest absolute Gasteiger partial charge is 0.150 e. The summed E-state index contributed by atoms with van der Waals surface area (Å²) < 4.78 is 23.1. The van der Waals surface area contributed by atoms with Crippen LogP contribution in [0.15, 0.2) is 0 Å². The largest absolute Gasteiger partial charge is 0.392 e. The Morgan fingerprint density at radius 3 is 2.53 bits per heavy atom. The fourth-order valence-corrected chi connectivity index (χ4v) is 4.39. The summed E-state index contributed by atoms with van der Waals surface area (Å²) in [6, 6.07) is 0. The predicted octanol–water partition coefficient (Wildman–Crippen LogP) is 2.09. The molecule has 1 aliphatic rings. The molecule has 1 saturated carbocycles. The minimum absolute atomic E-state index is 0.162. The zero-order valence-corrected chi connectivity index (χ0v) is 12.6. The molecular formula is C12H24O3S2. The molecule has 1 N–H and O–H groups in total. The molecule has 1 aliphatic carbocycles. The van der Waals surface area contributed by atoms with Crippen molar-refractivity contribution in [1.29, 1.82) is 0 Å². The fraction of sp³-hybridized carbons (Fsp3) is 1.00. The molecule has 0 bridgehead atoms. The van der Waals surface area contributed by atoms with E-state index in [2.05, 4.69) is 13.8 Å². The second-order valence-electron chi connectivity index (χ2n) is 5.33. The third-order valence-corrected chi connectivity index (χ3v) is 6.26. The van der Waals surface area contributed by atoms with Crippen LogP contribution in [0.1, 0.15) is 39.5 Å². The van der Waals surface area contributed by atoms with E-state index in [0.717, 1.165) is 25.0 Å². The quantitative estimate of drug-likeness (QED) is 0.838. The highest BCUT2D eigenvalue weighted by Gasteiger charge is 2.32. The Balaban J connectivity index is 2.49. The van der Waals surface area contributed by atoms with E-state index in [1.807, 2.05) is 0 Å². The summed E-state index contributed by atoms with van der Waals surface area (Å²) in [5.74, 6) is 0.883. The summed E-state index contributed by atoms with van der Waals surface area (Å²) in [4.78, 5) is 0. The van der Waals surface area contributed by atoms with Gasteiger partial charge in [0.05, 0.1) is 11.4 Å². The van der Waals surface area contributed by atoms with Crippen molar-refractivity contribution in [1.82, 2.24) is 0 Å². The van der Waals surface area contributed by atoms with Gasteiger partial charge >= 0.3 is 0 Å². The molecule has 0 amide bonds. The molecule has 0 saturated heterocycles. The Labute approximate surface area is 109 Å². The highest BCUT2D eigenvalue weighted by atomic mass is 32.2. The van der Waals surface area contributed by atoms with Crippen molar-refractivity contribution in [2.75, 3.05) is 12.0 Å². The number of aliphatic hydroxyl groups excluding tert-OH is 1. The van der Waals surface area contributed by atoms with Gasteiger partial charge in [0.2, 0.25) is 0 Å². The Hall–Kier alpha value is 0.260. The summed E-state index contributed by atoms with van der Waals surface area (Å²) in [6.07, 6.45) is 4.25. The van der Waals surface area contributed by atoms with Crippen LogP contribution in [0.3, 0.4) is 0 Å². The molecule has 1 fully saturated rings. The summed E-state index contributed by atoms with van der Waals surface area (Å²) in [5, 5.41) is 10.4. The zero-order chi connectivity index (χ0) is 13.1. The lowest BCUT2D eigenvalue weighted by molar-refractivity contribution is 0.106. The van der Waals surface area contributed by atoms with Gasteiger partial charge in [0.15, 0.2) is 0 Å². The molecule has 0 aromatic heterocycles. The Morgan fingerprint density at radius 1 is 1.35 bits per heavy atom. The summed E-state index contributed by atoms with van der Waals surface area (Å²) in [5.41, 5.74) is 0. The van der Waals surface area contributed by atoms with Gasteiger partial charge in [0, 0.05) is 12.0 Å². The van der Waals surface area contributed by atoms with Crippen molar-refractivity contribution in [3.05, 3.63) is 0 Å². The standard InChI is InChI=1S/C12H24O3S2/c1-9(2)16-8-12(13)10-5-4-6-11(7-10)17(3,14)15/h9-13H,4-8H2,1-3H3. The lowest BCUT2D eigenvalue weighted by Gasteiger charge is -2.31. The van der Waals surface area contributed by atoms with E-state index >= 15 is 0 Å². The molecule has 3 unspecified atom stereocenters. The molecule has 0 aliphatic heterocycles. The molecule has 5 heteroatoms. The monoisotopic (exact) mass is 280 g/mol. The molecule has 0 aromatic carbocycles. The predicted molar refractivity (Wildman–Crippen MR) is 74.2 cm³/mol. The first kappa shape index (κ1) is 15.3. The van der Waals surface area contributed by atoms with Gasteiger partial charge in [0.25, 0.3) is 0 Å². The van der Waals surface area contributed by atoms with Gasteiger partial charge in [-0.3, -0.25) is 0 Å². The topological polar surface area (TPSA) is 54.4 Å². The summed E-state index contributed by atoms with van der Waals surface area (Å²) in [7, 11) is -2.94. The normalized spacial score (nSPS) is 28.3. The number of thioether (sulfide) groups is 1. The van der Waals surface area contributed by atoms with E-state index in [4.69, 9.17) is 0 Å². The van der Waals surface area contributed by atoms with Gasteiger partial charge in [-0.05, 0) is 30.4 Å². The molecule has 0 spiro atoms. The van der Waals surface area contributed by atoms with E-state index < -0.39 is 9.84 Å². The molecule has 0 heterocycles. The van der Waals surface area contributed by atoms with Gasteiger partial charge < -0.3 is 5.11 Å². The van der Waals surface area contributed by atoms with Crippen LogP contribution >= 0.6 is 11.8 Å². The van der Waals surface area contributed by atoms with Crippen LogP contribution in [0.2, 0.25) is 0 Å². The van der Waals surface area contributed by atoms with Crippen molar-refractivity contribution in [2.45, 2.75) is 56.1 Å². The van der Waals surface area contributed by atoms with Crippen LogP contribution in [-0.4, -0.2) is 42.1 Å². The van der Waals surface area contributed by atoms with Crippen LogP contribution < -0.4 is 0 Å². The lowest BCUT2D eigenvalue weighted by Crippen LogP contribution is -2.34. The lowest BCUT2D eigenvalue weighted by atomic mass is 9.85. The first-order valence-corrected chi connectivity index (χ1v) is 9.29. The van der Waals surface area contributed by atoms with E-state index in [-0.39, 0.29) is 17.3 Å². The van der Waals surface area contributed by atoms with Crippen molar-refractivity contribution >= 4 is 21.6 Å². The number of rotatable bonds is 5. The van der Waals surface area contributed by atoms with Gasteiger partial charge in [-0.15, -0.1) is 0 Å². The van der Waals surface area contributed by atoms with E-state index in [1.54, 1.807) is 11.8 Å². The van der Waals surface area contributed by atoms with Crippen LogP contribution in [-0.2, 0) is 9.84 Å². The third kappa shape index (κ3) is 5.18. The Kier molecular flexibility index (Phi) is 5.80. The number of sulfone groups is 1. The zero-order valence-electron chi connectivity index (χ0n) is 10.9. The Bertz CT molecular complexity index is 325. The van der Waals surface area contributed by atoms with Crippen molar-refractivity contribution in [3.63, 3.8) is 0 Å². The van der Waals surface area contributed by atoms with Crippen LogP contribution in [0, 0.1) is 5.92 Å². The average Bonchev–Trinajstić information content (AvgIpc) is 2.25. The van der Waals surface area contributed by atoms with Crippen LogP contribution in [0.25, 0.3) is 0 Å². The summed E-state index contributed by atoms with van der Waals surface area (Å²) in [6.45, 7) is 4.22. The highest BCUT2D eigenvalue weighted by Crippen LogP contribution is 2.32. The van der Waals surface area contributed by atoms with Gasteiger partial charge in [-0.2, -0.15) is 11.8 Å². The highest BCUT2D eigenvalue weighted by molar-refractivity contribution is 7.99. The van der Waals surface area contributed by atoms with Gasteiger partial charge in [-0.1, -0.05) is 20.3 Å². The number of hydrogen-bond acceptors (Lipinski definition) is 4. The SMILES string of the molecule is CC(C)SCC(O)C1CCCC(S(C)(=O)=O)C1. The van der Waals surface area contributed by atoms with Crippen molar-refractivity contribution < 1.29 is 13.5 Å². The van der Waals surface area contributed by atoms with E-state index in [9.17, 15) is 13.5 Å². The average molecular weight is 280 g/mol. The second kappa shape index (κ2) is 6.43. The van der Waals surface area contributed by atoms with Crippen LogP contribution in [0.4, 0.5) is 0 Å². The summed E-state index contributed by atoms with van der Waals surface area (Å²) >= 11 is 1.74. The molecule has 0 aromatic rings. The van der Waals surface area contributed by atoms with E-state index in [1.165, 1.54) is 6.26 Å². The second-order valence-corrected chi connectivity index (χ2v) is 9.26. The fourth-order valence-electron chi connectivity index (χ4n) is 2.35. The first-order chi connectivity index (χ1) is 7.80. The molecule has 3 nitrogen and oxygen atoms in total. The van der Waals surface area contributed by atoms with E-state index in [0.29, 0.717) is 11.7 Å².